The Labute approximate surface area is 150 Å². The molecule has 1 aromatic carbocycles. The standard InChI is InChI=1S/C18H18ClN3OS/c19-14-3-1-4-16(11-14)22-8-6-21(7-9-22)12-15-13-23-18(20-15)17-5-2-10-24-17/h1-5,10-11,13H,6-9,12H2/p+1. The molecule has 0 aliphatic carbocycles. The average molecular weight is 361 g/mol. The van der Waals surface area contributed by atoms with Gasteiger partial charge in [0.1, 0.15) is 18.5 Å². The van der Waals surface area contributed by atoms with E-state index in [4.69, 9.17) is 16.0 Å². The Hall–Kier alpha value is -1.82. The van der Waals surface area contributed by atoms with Gasteiger partial charge < -0.3 is 14.2 Å². The molecule has 1 aliphatic heterocycles. The third kappa shape index (κ3) is 3.48. The van der Waals surface area contributed by atoms with Crippen molar-refractivity contribution < 1.29 is 9.32 Å². The summed E-state index contributed by atoms with van der Waals surface area (Å²) in [7, 11) is 0. The van der Waals surface area contributed by atoms with Gasteiger partial charge in [0.2, 0.25) is 5.89 Å². The fourth-order valence-corrected chi connectivity index (χ4v) is 3.93. The number of benzene rings is 1. The van der Waals surface area contributed by atoms with E-state index in [1.54, 1.807) is 22.5 Å². The maximum Gasteiger partial charge on any atom is 0.236 e. The Balaban J connectivity index is 1.35. The normalized spacial score (nSPS) is 15.8. The van der Waals surface area contributed by atoms with E-state index in [2.05, 4.69) is 16.0 Å². The smallest absolute Gasteiger partial charge is 0.236 e. The van der Waals surface area contributed by atoms with Crippen LogP contribution in [0.4, 0.5) is 5.69 Å². The van der Waals surface area contributed by atoms with Crippen LogP contribution in [-0.4, -0.2) is 31.2 Å². The molecule has 0 amide bonds. The molecule has 0 saturated carbocycles. The molecule has 4 rings (SSSR count). The van der Waals surface area contributed by atoms with Crippen LogP contribution in [0.1, 0.15) is 5.69 Å². The van der Waals surface area contributed by atoms with Gasteiger partial charge in [-0.2, -0.15) is 0 Å². The van der Waals surface area contributed by atoms with E-state index in [9.17, 15) is 0 Å². The number of nitrogens with zero attached hydrogens (tertiary/aromatic N) is 2. The van der Waals surface area contributed by atoms with Crippen molar-refractivity contribution in [3.8, 4) is 10.8 Å². The lowest BCUT2D eigenvalue weighted by Gasteiger charge is -2.33. The lowest BCUT2D eigenvalue weighted by molar-refractivity contribution is -0.914. The van der Waals surface area contributed by atoms with Crippen molar-refractivity contribution in [1.82, 2.24) is 4.98 Å². The SMILES string of the molecule is Clc1cccc(N2CC[NH+](Cc3coc(-c4cccs4)n3)CC2)c1. The summed E-state index contributed by atoms with van der Waals surface area (Å²) in [6, 6.07) is 12.2. The number of hydrogen-bond donors (Lipinski definition) is 1. The van der Waals surface area contributed by atoms with Crippen LogP contribution < -0.4 is 9.80 Å². The van der Waals surface area contributed by atoms with Gasteiger partial charge in [0.15, 0.2) is 0 Å². The summed E-state index contributed by atoms with van der Waals surface area (Å²) in [4.78, 5) is 9.65. The van der Waals surface area contributed by atoms with E-state index in [0.717, 1.165) is 54.2 Å². The van der Waals surface area contributed by atoms with Crippen LogP contribution in [0.25, 0.3) is 10.8 Å². The highest BCUT2D eigenvalue weighted by Gasteiger charge is 2.22. The first-order valence-electron chi connectivity index (χ1n) is 8.10. The molecule has 1 aliphatic rings. The molecule has 6 heteroatoms. The zero-order chi connectivity index (χ0) is 16.4. The molecule has 3 heterocycles. The fourth-order valence-electron chi connectivity index (χ4n) is 3.09. The van der Waals surface area contributed by atoms with Crippen LogP contribution in [-0.2, 0) is 6.54 Å². The van der Waals surface area contributed by atoms with E-state index in [0.29, 0.717) is 0 Å². The zero-order valence-corrected chi connectivity index (χ0v) is 14.8. The number of piperazine rings is 1. The van der Waals surface area contributed by atoms with Gasteiger partial charge in [-0.15, -0.1) is 11.3 Å². The summed E-state index contributed by atoms with van der Waals surface area (Å²) in [5, 5.41) is 2.84. The molecule has 124 valence electrons. The van der Waals surface area contributed by atoms with Gasteiger partial charge in [0.25, 0.3) is 0 Å². The maximum absolute atomic E-state index is 6.09. The predicted molar refractivity (Wildman–Crippen MR) is 97.9 cm³/mol. The number of hydrogen-bond acceptors (Lipinski definition) is 4. The third-order valence-corrected chi connectivity index (χ3v) is 5.45. The second kappa shape index (κ2) is 6.97. The van der Waals surface area contributed by atoms with Gasteiger partial charge in [-0.3, -0.25) is 0 Å². The topological polar surface area (TPSA) is 33.7 Å². The monoisotopic (exact) mass is 360 g/mol. The summed E-state index contributed by atoms with van der Waals surface area (Å²) >= 11 is 7.75. The summed E-state index contributed by atoms with van der Waals surface area (Å²) in [6.07, 6.45) is 1.80. The van der Waals surface area contributed by atoms with Crippen molar-refractivity contribution in [2.45, 2.75) is 6.54 Å². The predicted octanol–water partition coefficient (Wildman–Crippen LogP) is 2.96. The first-order valence-corrected chi connectivity index (χ1v) is 9.36. The fraction of sp³-hybridized carbons (Fsp3) is 0.278. The lowest BCUT2D eigenvalue weighted by atomic mass is 10.2. The Kier molecular flexibility index (Phi) is 4.56. The molecule has 0 bridgehead atoms. The van der Waals surface area contributed by atoms with Crippen molar-refractivity contribution in [3.05, 3.63) is 58.8 Å². The number of nitrogens with one attached hydrogen (secondary N) is 1. The molecule has 1 fully saturated rings. The number of oxazole rings is 1. The van der Waals surface area contributed by atoms with Gasteiger partial charge in [-0.05, 0) is 29.6 Å². The number of halogens is 1. The highest BCUT2D eigenvalue weighted by atomic mass is 35.5. The van der Waals surface area contributed by atoms with Gasteiger partial charge in [-0.1, -0.05) is 23.7 Å². The number of anilines is 1. The van der Waals surface area contributed by atoms with Crippen molar-refractivity contribution in [1.29, 1.82) is 0 Å². The molecule has 1 N–H and O–H groups in total. The summed E-state index contributed by atoms with van der Waals surface area (Å²) < 4.78 is 5.62. The molecular weight excluding hydrogens is 342 g/mol. The van der Waals surface area contributed by atoms with E-state index in [1.165, 1.54) is 5.69 Å². The second-order valence-electron chi connectivity index (χ2n) is 6.01. The Morgan fingerprint density at radius 1 is 1.21 bits per heavy atom. The Morgan fingerprint density at radius 3 is 2.83 bits per heavy atom. The molecule has 1 saturated heterocycles. The Morgan fingerprint density at radius 2 is 2.08 bits per heavy atom. The highest BCUT2D eigenvalue weighted by molar-refractivity contribution is 7.13. The number of quaternary nitrogens is 1. The van der Waals surface area contributed by atoms with Gasteiger partial charge in [-0.25, -0.2) is 4.98 Å². The minimum Gasteiger partial charge on any atom is -0.443 e. The molecule has 2 aromatic heterocycles. The minimum absolute atomic E-state index is 0.733. The van der Waals surface area contributed by atoms with Gasteiger partial charge in [0, 0.05) is 10.7 Å². The largest absolute Gasteiger partial charge is 0.443 e. The van der Waals surface area contributed by atoms with Crippen molar-refractivity contribution >= 4 is 28.6 Å². The first kappa shape index (κ1) is 15.7. The Bertz CT molecular complexity index is 794. The van der Waals surface area contributed by atoms with Crippen molar-refractivity contribution in [3.63, 3.8) is 0 Å². The second-order valence-corrected chi connectivity index (χ2v) is 7.40. The number of rotatable bonds is 4. The molecular formula is C18H19ClN3OS+. The van der Waals surface area contributed by atoms with Gasteiger partial charge in [0.05, 0.1) is 31.1 Å². The van der Waals surface area contributed by atoms with Crippen molar-refractivity contribution in [2.24, 2.45) is 0 Å². The molecule has 0 unspecified atom stereocenters. The quantitative estimate of drug-likeness (QED) is 0.776. The molecule has 24 heavy (non-hydrogen) atoms. The molecule has 3 aromatic rings. The summed E-state index contributed by atoms with van der Waals surface area (Å²) in [6.45, 7) is 5.16. The van der Waals surface area contributed by atoms with Crippen LogP contribution in [0.15, 0.2) is 52.5 Å². The molecule has 0 radical (unpaired) electrons. The molecule has 0 atom stereocenters. The van der Waals surface area contributed by atoms with Crippen LogP contribution in [0.5, 0.6) is 0 Å². The van der Waals surface area contributed by atoms with Gasteiger partial charge >= 0.3 is 0 Å². The van der Waals surface area contributed by atoms with E-state index >= 15 is 0 Å². The van der Waals surface area contributed by atoms with Crippen LogP contribution >= 0.6 is 22.9 Å². The van der Waals surface area contributed by atoms with Crippen LogP contribution in [0, 0.1) is 0 Å². The molecule has 4 nitrogen and oxygen atoms in total. The highest BCUT2D eigenvalue weighted by Crippen LogP contribution is 2.23. The van der Waals surface area contributed by atoms with E-state index in [-0.39, 0.29) is 0 Å². The zero-order valence-electron chi connectivity index (χ0n) is 13.2. The number of thiophene rings is 1. The third-order valence-electron chi connectivity index (χ3n) is 4.36. The summed E-state index contributed by atoms with van der Waals surface area (Å²) in [5.41, 5.74) is 2.24. The number of aromatic nitrogens is 1. The van der Waals surface area contributed by atoms with Crippen molar-refractivity contribution in [2.75, 3.05) is 31.1 Å². The minimum atomic E-state index is 0.733. The average Bonchev–Trinajstić information content (AvgIpc) is 3.27. The van der Waals surface area contributed by atoms with Crippen LogP contribution in [0.3, 0.4) is 0 Å². The first-order chi connectivity index (χ1) is 11.8. The van der Waals surface area contributed by atoms with E-state index in [1.807, 2.05) is 35.7 Å². The summed E-state index contributed by atoms with van der Waals surface area (Å²) in [5.74, 6) is 0.733. The van der Waals surface area contributed by atoms with E-state index < -0.39 is 0 Å². The molecule has 0 spiro atoms. The maximum atomic E-state index is 6.09. The lowest BCUT2D eigenvalue weighted by Crippen LogP contribution is -3.13. The van der Waals surface area contributed by atoms with Crippen LogP contribution in [0.2, 0.25) is 5.02 Å².